The molecule has 122 valence electrons. The fourth-order valence-electron chi connectivity index (χ4n) is 2.09. The van der Waals surface area contributed by atoms with Crippen molar-refractivity contribution in [2.45, 2.75) is 32.9 Å². The predicted octanol–water partition coefficient (Wildman–Crippen LogP) is 3.85. The Balaban J connectivity index is 1.74. The van der Waals surface area contributed by atoms with Crippen LogP contribution in [0.3, 0.4) is 0 Å². The van der Waals surface area contributed by atoms with Crippen molar-refractivity contribution in [1.82, 2.24) is 5.32 Å². The number of nitrogens with one attached hydrogen (secondary N) is 1. The van der Waals surface area contributed by atoms with Gasteiger partial charge in [-0.1, -0.05) is 42.0 Å². The topological polar surface area (TPSA) is 38.3 Å². The van der Waals surface area contributed by atoms with E-state index in [0.29, 0.717) is 19.4 Å². The van der Waals surface area contributed by atoms with Gasteiger partial charge in [-0.05, 0) is 36.6 Å². The lowest BCUT2D eigenvalue weighted by atomic mass is 10.1. The van der Waals surface area contributed by atoms with Gasteiger partial charge in [0, 0.05) is 13.0 Å². The maximum absolute atomic E-state index is 12.0. The summed E-state index contributed by atoms with van der Waals surface area (Å²) < 4.78 is 28.4. The van der Waals surface area contributed by atoms with Crippen LogP contribution in [0.2, 0.25) is 0 Å². The molecule has 0 atom stereocenters. The van der Waals surface area contributed by atoms with E-state index in [1.165, 1.54) is 17.7 Å². The van der Waals surface area contributed by atoms with Crippen molar-refractivity contribution in [1.29, 1.82) is 0 Å². The second kappa shape index (κ2) is 8.27. The highest BCUT2D eigenvalue weighted by Gasteiger charge is 2.05. The number of carbonyl (C=O) groups excluding carboxylic acids is 1. The van der Waals surface area contributed by atoms with Gasteiger partial charge in [0.25, 0.3) is 0 Å². The van der Waals surface area contributed by atoms with Crippen molar-refractivity contribution in [3.8, 4) is 5.75 Å². The minimum atomic E-state index is -2.83. The van der Waals surface area contributed by atoms with E-state index in [1.54, 1.807) is 12.1 Å². The average Bonchev–Trinajstić information content (AvgIpc) is 2.53. The van der Waals surface area contributed by atoms with Crippen molar-refractivity contribution >= 4 is 5.91 Å². The molecule has 0 aliphatic carbocycles. The van der Waals surface area contributed by atoms with Gasteiger partial charge in [0.05, 0.1) is 0 Å². The van der Waals surface area contributed by atoms with Crippen LogP contribution in [-0.4, -0.2) is 12.5 Å². The van der Waals surface area contributed by atoms with E-state index in [1.807, 2.05) is 31.2 Å². The zero-order chi connectivity index (χ0) is 16.7. The molecule has 5 heteroatoms. The number of benzene rings is 2. The lowest BCUT2D eigenvalue weighted by Crippen LogP contribution is -2.22. The molecule has 23 heavy (non-hydrogen) atoms. The molecule has 0 spiro atoms. The molecular formula is C18H19F2NO2. The quantitative estimate of drug-likeness (QED) is 0.842. The van der Waals surface area contributed by atoms with Crippen LogP contribution in [0.15, 0.2) is 48.5 Å². The van der Waals surface area contributed by atoms with Gasteiger partial charge in [-0.3, -0.25) is 4.79 Å². The lowest BCUT2D eigenvalue weighted by molar-refractivity contribution is -0.121. The van der Waals surface area contributed by atoms with Gasteiger partial charge in [-0.2, -0.15) is 8.78 Å². The SMILES string of the molecule is Cc1ccc(CCC(=O)NCc2ccc(OC(F)F)cc2)cc1. The standard InChI is InChI=1S/C18H19F2NO2/c1-13-2-4-14(5-3-13)8-11-17(22)21-12-15-6-9-16(10-7-15)23-18(19)20/h2-7,9-10,18H,8,11-12H2,1H3,(H,21,22). The number of ether oxygens (including phenoxy) is 1. The molecule has 0 bridgehead atoms. The first-order chi connectivity index (χ1) is 11.0. The highest BCUT2D eigenvalue weighted by molar-refractivity contribution is 5.76. The van der Waals surface area contributed by atoms with Gasteiger partial charge in [0.15, 0.2) is 0 Å². The maximum Gasteiger partial charge on any atom is 0.387 e. The molecule has 1 amide bonds. The molecule has 0 aromatic heterocycles. The molecule has 0 radical (unpaired) electrons. The Morgan fingerprint density at radius 3 is 2.26 bits per heavy atom. The summed E-state index contributed by atoms with van der Waals surface area (Å²) in [6.45, 7) is -0.446. The summed E-state index contributed by atoms with van der Waals surface area (Å²) in [6.07, 6.45) is 1.10. The van der Waals surface area contributed by atoms with Gasteiger partial charge in [0.2, 0.25) is 5.91 Å². The van der Waals surface area contributed by atoms with Crippen LogP contribution in [0.25, 0.3) is 0 Å². The molecule has 0 saturated carbocycles. The Morgan fingerprint density at radius 2 is 1.65 bits per heavy atom. The minimum absolute atomic E-state index is 0.0431. The van der Waals surface area contributed by atoms with Crippen molar-refractivity contribution in [3.63, 3.8) is 0 Å². The lowest BCUT2D eigenvalue weighted by Gasteiger charge is -2.08. The second-order valence-electron chi connectivity index (χ2n) is 5.28. The summed E-state index contributed by atoms with van der Waals surface area (Å²) in [5, 5.41) is 2.81. The Kier molecular flexibility index (Phi) is 6.09. The largest absolute Gasteiger partial charge is 0.435 e. The fraction of sp³-hybridized carbons (Fsp3) is 0.278. The first-order valence-corrected chi connectivity index (χ1v) is 7.39. The highest BCUT2D eigenvalue weighted by Crippen LogP contribution is 2.14. The Bertz CT molecular complexity index is 624. The summed E-state index contributed by atoms with van der Waals surface area (Å²) in [6, 6.07) is 14.3. The summed E-state index contributed by atoms with van der Waals surface area (Å²) in [4.78, 5) is 11.8. The van der Waals surface area contributed by atoms with Crippen LogP contribution in [-0.2, 0) is 17.8 Å². The van der Waals surface area contributed by atoms with E-state index in [9.17, 15) is 13.6 Å². The molecule has 0 saturated heterocycles. The predicted molar refractivity (Wildman–Crippen MR) is 84.4 cm³/mol. The molecule has 0 unspecified atom stereocenters. The third-order valence-electron chi connectivity index (χ3n) is 3.40. The van der Waals surface area contributed by atoms with Crippen LogP contribution < -0.4 is 10.1 Å². The molecule has 2 rings (SSSR count). The third-order valence-corrected chi connectivity index (χ3v) is 3.40. The van der Waals surface area contributed by atoms with Gasteiger partial charge >= 0.3 is 6.61 Å². The molecule has 2 aromatic carbocycles. The number of rotatable bonds is 7. The number of aryl methyl sites for hydroxylation is 2. The Morgan fingerprint density at radius 1 is 1.04 bits per heavy atom. The van der Waals surface area contributed by atoms with E-state index in [2.05, 4.69) is 10.1 Å². The molecule has 3 nitrogen and oxygen atoms in total. The summed E-state index contributed by atoms with van der Waals surface area (Å²) in [7, 11) is 0. The van der Waals surface area contributed by atoms with Gasteiger partial charge in [-0.25, -0.2) is 0 Å². The number of carbonyl (C=O) groups is 1. The zero-order valence-electron chi connectivity index (χ0n) is 12.9. The van der Waals surface area contributed by atoms with Crippen LogP contribution in [0, 0.1) is 6.92 Å². The molecular weight excluding hydrogens is 300 g/mol. The van der Waals surface area contributed by atoms with Crippen LogP contribution >= 0.6 is 0 Å². The van der Waals surface area contributed by atoms with Crippen LogP contribution in [0.5, 0.6) is 5.75 Å². The molecule has 2 aromatic rings. The second-order valence-corrected chi connectivity index (χ2v) is 5.28. The first-order valence-electron chi connectivity index (χ1n) is 7.39. The van der Waals surface area contributed by atoms with E-state index in [4.69, 9.17) is 0 Å². The maximum atomic E-state index is 12.0. The summed E-state index contributed by atoms with van der Waals surface area (Å²) in [5.74, 6) is 0.0629. The van der Waals surface area contributed by atoms with Crippen molar-refractivity contribution in [2.75, 3.05) is 0 Å². The normalized spacial score (nSPS) is 10.6. The molecule has 0 aliphatic rings. The monoisotopic (exact) mass is 319 g/mol. The van der Waals surface area contributed by atoms with Gasteiger partial charge in [0.1, 0.15) is 5.75 Å². The van der Waals surface area contributed by atoms with E-state index in [0.717, 1.165) is 11.1 Å². The number of alkyl halides is 2. The van der Waals surface area contributed by atoms with Gasteiger partial charge in [-0.15, -0.1) is 0 Å². The summed E-state index contributed by atoms with van der Waals surface area (Å²) >= 11 is 0. The minimum Gasteiger partial charge on any atom is -0.435 e. The van der Waals surface area contributed by atoms with Crippen molar-refractivity contribution < 1.29 is 18.3 Å². The van der Waals surface area contributed by atoms with Crippen molar-refractivity contribution in [2.24, 2.45) is 0 Å². The smallest absolute Gasteiger partial charge is 0.387 e. The third kappa shape index (κ3) is 6.06. The number of halogens is 2. The van der Waals surface area contributed by atoms with E-state index in [-0.39, 0.29) is 11.7 Å². The summed E-state index contributed by atoms with van der Waals surface area (Å²) in [5.41, 5.74) is 3.15. The Labute approximate surface area is 134 Å². The zero-order valence-corrected chi connectivity index (χ0v) is 12.9. The van der Waals surface area contributed by atoms with Gasteiger partial charge < -0.3 is 10.1 Å². The number of amides is 1. The fourth-order valence-corrected chi connectivity index (χ4v) is 2.09. The van der Waals surface area contributed by atoms with Crippen LogP contribution in [0.4, 0.5) is 8.78 Å². The molecule has 1 N–H and O–H groups in total. The first kappa shape index (κ1) is 16.9. The Hall–Kier alpha value is -2.43. The molecule has 0 heterocycles. The number of hydrogen-bond donors (Lipinski definition) is 1. The van der Waals surface area contributed by atoms with E-state index < -0.39 is 6.61 Å². The van der Waals surface area contributed by atoms with Crippen molar-refractivity contribution in [3.05, 3.63) is 65.2 Å². The number of hydrogen-bond acceptors (Lipinski definition) is 2. The average molecular weight is 319 g/mol. The molecule has 0 aliphatic heterocycles. The van der Waals surface area contributed by atoms with Crippen LogP contribution in [0.1, 0.15) is 23.1 Å². The molecule has 0 fully saturated rings. The van der Waals surface area contributed by atoms with E-state index >= 15 is 0 Å². The highest BCUT2D eigenvalue weighted by atomic mass is 19.3.